The number of aliphatic hydroxyl groups is 1. The summed E-state index contributed by atoms with van der Waals surface area (Å²) in [6.45, 7) is 2.53. The summed E-state index contributed by atoms with van der Waals surface area (Å²) in [5.74, 6) is -1.90. The maximum absolute atomic E-state index is 13.2. The van der Waals surface area contributed by atoms with Crippen LogP contribution in [0, 0.1) is 10.1 Å². The second-order valence-electron chi connectivity index (χ2n) is 10.9. The van der Waals surface area contributed by atoms with Crippen molar-refractivity contribution in [3.8, 4) is 0 Å². The number of carbonyl (C=O) groups excluding carboxylic acids is 2. The number of unbranched alkanes of at least 4 members (excludes halogenated alkanes) is 13. The van der Waals surface area contributed by atoms with Crippen LogP contribution in [-0.4, -0.2) is 33.2 Å². The molecule has 0 aromatic heterocycles. The molecule has 0 unspecified atom stereocenters. The highest BCUT2D eigenvalue weighted by Crippen LogP contribution is 2.42. The Labute approximate surface area is 252 Å². The van der Waals surface area contributed by atoms with E-state index < -0.39 is 22.7 Å². The number of hydrogen-bond donors (Lipinski definition) is 1. The molecule has 0 saturated carbocycles. The van der Waals surface area contributed by atoms with E-state index in [1.165, 1.54) is 75.2 Å². The fraction of sp³-hybridized carbons (Fsp3) is 0.515. The van der Waals surface area contributed by atoms with E-state index in [1.54, 1.807) is 42.5 Å². The summed E-state index contributed by atoms with van der Waals surface area (Å²) in [5, 5.41) is 23.1. The lowest BCUT2D eigenvalue weighted by Crippen LogP contribution is -2.31. The first-order chi connectivity index (χ1) is 19.9. The Morgan fingerprint density at radius 3 is 1.98 bits per heavy atom. The molecule has 222 valence electrons. The number of ketones is 1. The summed E-state index contributed by atoms with van der Waals surface area (Å²) < 4.78 is 0.695. The molecule has 3 rings (SSSR count). The molecule has 0 spiro atoms. The van der Waals surface area contributed by atoms with Crippen LogP contribution in [0.4, 0.5) is 5.69 Å². The van der Waals surface area contributed by atoms with Gasteiger partial charge in [-0.05, 0) is 24.6 Å². The Bertz CT molecular complexity index is 1210. The number of nitrogens with zero attached hydrogens (tertiary/aromatic N) is 2. The molecule has 7 nitrogen and oxygen atoms in total. The van der Waals surface area contributed by atoms with Gasteiger partial charge < -0.3 is 10.0 Å². The molecule has 2 aromatic carbocycles. The molecule has 1 saturated heterocycles. The lowest BCUT2D eigenvalue weighted by atomic mass is 9.94. The Kier molecular flexibility index (Phi) is 13.5. The van der Waals surface area contributed by atoms with Crippen molar-refractivity contribution in [1.29, 1.82) is 0 Å². The molecule has 0 aliphatic carbocycles. The second kappa shape index (κ2) is 17.1. The van der Waals surface area contributed by atoms with Crippen molar-refractivity contribution < 1.29 is 19.6 Å². The summed E-state index contributed by atoms with van der Waals surface area (Å²) in [4.78, 5) is 39.2. The predicted molar refractivity (Wildman–Crippen MR) is 167 cm³/mol. The van der Waals surface area contributed by atoms with E-state index >= 15 is 0 Å². The van der Waals surface area contributed by atoms with Crippen LogP contribution >= 0.6 is 15.9 Å². The Morgan fingerprint density at radius 1 is 0.854 bits per heavy atom. The number of amides is 1. The molecule has 41 heavy (non-hydrogen) atoms. The van der Waals surface area contributed by atoms with E-state index in [0.717, 1.165) is 19.3 Å². The van der Waals surface area contributed by atoms with Gasteiger partial charge in [0, 0.05) is 22.6 Å². The van der Waals surface area contributed by atoms with Crippen molar-refractivity contribution in [2.24, 2.45) is 0 Å². The van der Waals surface area contributed by atoms with Crippen LogP contribution in [0.2, 0.25) is 0 Å². The lowest BCUT2D eigenvalue weighted by Gasteiger charge is -2.25. The maximum atomic E-state index is 13.2. The molecule has 1 fully saturated rings. The van der Waals surface area contributed by atoms with Crippen molar-refractivity contribution in [3.05, 3.63) is 79.8 Å². The van der Waals surface area contributed by atoms with E-state index in [4.69, 9.17) is 0 Å². The molecule has 2 aromatic rings. The Morgan fingerprint density at radius 2 is 1.41 bits per heavy atom. The highest BCUT2D eigenvalue weighted by molar-refractivity contribution is 9.10. The largest absolute Gasteiger partial charge is 0.507 e. The number of carbonyl (C=O) groups is 2. The third kappa shape index (κ3) is 9.25. The minimum absolute atomic E-state index is 0.118. The molecule has 1 atom stereocenters. The number of para-hydroxylation sites is 1. The molecule has 1 aliphatic heterocycles. The Hall–Kier alpha value is -3.00. The first-order valence-corrected chi connectivity index (χ1v) is 15.9. The smallest absolute Gasteiger partial charge is 0.295 e. The average molecular weight is 628 g/mol. The van der Waals surface area contributed by atoms with Gasteiger partial charge in [-0.3, -0.25) is 19.7 Å². The van der Waals surface area contributed by atoms with E-state index in [1.807, 2.05) is 0 Å². The standard InChI is InChI=1S/C33H43BrN2O5/c1-2-3-4-5-6-7-8-9-10-11-12-13-14-17-23-35-30(27-21-15-16-22-28(27)36(40)41)29(32(38)33(35)39)31(37)25-19-18-20-26(34)24-25/h15-16,18-22,24,30,37H,2-14,17,23H2,1H3/b31-29+/t30-/m0/s1. The molecular formula is C33H43BrN2O5. The molecule has 8 heteroatoms. The number of likely N-dealkylation sites (tertiary alicyclic amines) is 1. The normalized spacial score (nSPS) is 16.4. The molecule has 0 bridgehead atoms. The van der Waals surface area contributed by atoms with Crippen LogP contribution in [0.15, 0.2) is 58.6 Å². The van der Waals surface area contributed by atoms with Crippen molar-refractivity contribution in [1.82, 2.24) is 4.90 Å². The summed E-state index contributed by atoms with van der Waals surface area (Å²) >= 11 is 3.37. The number of benzene rings is 2. The maximum Gasteiger partial charge on any atom is 0.295 e. The van der Waals surface area contributed by atoms with Crippen molar-refractivity contribution in [2.45, 2.75) is 103 Å². The molecule has 1 heterocycles. The fourth-order valence-electron chi connectivity index (χ4n) is 5.59. The van der Waals surface area contributed by atoms with Crippen LogP contribution in [0.25, 0.3) is 5.76 Å². The van der Waals surface area contributed by atoms with Crippen LogP contribution in [0.3, 0.4) is 0 Å². The van der Waals surface area contributed by atoms with Crippen LogP contribution < -0.4 is 0 Å². The number of nitro groups is 1. The zero-order valence-electron chi connectivity index (χ0n) is 24.2. The molecule has 1 aliphatic rings. The SMILES string of the molecule is CCCCCCCCCCCCCCCCN1C(=O)C(=O)/C(=C(/O)c2cccc(Br)c2)[C@@H]1c1ccccc1[N+](=O)[O-]. The molecule has 1 N–H and O–H groups in total. The van der Waals surface area contributed by atoms with Gasteiger partial charge in [-0.2, -0.15) is 0 Å². The number of aliphatic hydroxyl groups excluding tert-OH is 1. The monoisotopic (exact) mass is 626 g/mol. The summed E-state index contributed by atoms with van der Waals surface area (Å²) in [5.41, 5.74) is 0.273. The average Bonchev–Trinajstić information content (AvgIpc) is 3.21. The third-order valence-corrected chi connectivity index (χ3v) is 8.31. The zero-order chi connectivity index (χ0) is 29.6. The van der Waals surface area contributed by atoms with E-state index in [-0.39, 0.29) is 29.1 Å². The summed E-state index contributed by atoms with van der Waals surface area (Å²) in [7, 11) is 0. The molecular weight excluding hydrogens is 584 g/mol. The summed E-state index contributed by atoms with van der Waals surface area (Å²) in [6.07, 6.45) is 16.8. The van der Waals surface area contributed by atoms with Crippen LogP contribution in [0.5, 0.6) is 0 Å². The topological polar surface area (TPSA) is 101 Å². The quantitative estimate of drug-likeness (QED) is 0.0443. The van der Waals surface area contributed by atoms with Gasteiger partial charge in [0.05, 0.1) is 22.1 Å². The first kappa shape index (κ1) is 32.5. The van der Waals surface area contributed by atoms with Gasteiger partial charge in [0.15, 0.2) is 0 Å². The van der Waals surface area contributed by atoms with Gasteiger partial charge in [0.1, 0.15) is 5.76 Å². The highest BCUT2D eigenvalue weighted by atomic mass is 79.9. The lowest BCUT2D eigenvalue weighted by molar-refractivity contribution is -0.385. The third-order valence-electron chi connectivity index (χ3n) is 7.82. The molecule has 0 radical (unpaired) electrons. The van der Waals surface area contributed by atoms with Crippen LogP contribution in [0.1, 0.15) is 114 Å². The minimum Gasteiger partial charge on any atom is -0.507 e. The fourth-order valence-corrected chi connectivity index (χ4v) is 5.99. The van der Waals surface area contributed by atoms with Gasteiger partial charge in [-0.25, -0.2) is 0 Å². The zero-order valence-corrected chi connectivity index (χ0v) is 25.7. The van der Waals surface area contributed by atoms with E-state index in [2.05, 4.69) is 22.9 Å². The number of halogens is 1. The van der Waals surface area contributed by atoms with Gasteiger partial charge in [-0.15, -0.1) is 0 Å². The van der Waals surface area contributed by atoms with Gasteiger partial charge in [0.2, 0.25) is 0 Å². The van der Waals surface area contributed by atoms with E-state index in [0.29, 0.717) is 16.5 Å². The van der Waals surface area contributed by atoms with Gasteiger partial charge in [0.25, 0.3) is 17.4 Å². The predicted octanol–water partition coefficient (Wildman–Crippen LogP) is 9.26. The van der Waals surface area contributed by atoms with Gasteiger partial charge in [-0.1, -0.05) is 131 Å². The number of hydrogen-bond acceptors (Lipinski definition) is 5. The van der Waals surface area contributed by atoms with Crippen molar-refractivity contribution >= 4 is 39.1 Å². The van der Waals surface area contributed by atoms with Crippen molar-refractivity contribution in [3.63, 3.8) is 0 Å². The summed E-state index contributed by atoms with van der Waals surface area (Å²) in [6, 6.07) is 11.9. The number of rotatable bonds is 18. The Balaban J connectivity index is 1.61. The number of Topliss-reactive ketones (excluding diaryl/α,β-unsaturated/α-hetero) is 1. The molecule has 1 amide bonds. The first-order valence-electron chi connectivity index (χ1n) is 15.1. The van der Waals surface area contributed by atoms with Crippen molar-refractivity contribution in [2.75, 3.05) is 6.54 Å². The number of nitro benzene ring substituents is 1. The second-order valence-corrected chi connectivity index (χ2v) is 11.8. The minimum atomic E-state index is -1.03. The highest BCUT2D eigenvalue weighted by Gasteiger charge is 2.47. The van der Waals surface area contributed by atoms with Crippen LogP contribution in [-0.2, 0) is 9.59 Å². The van der Waals surface area contributed by atoms with Gasteiger partial charge >= 0.3 is 0 Å². The van der Waals surface area contributed by atoms with E-state index in [9.17, 15) is 24.8 Å².